The molecule has 2 aromatic rings. The van der Waals surface area contributed by atoms with Gasteiger partial charge < -0.3 is 35.6 Å². The van der Waals surface area contributed by atoms with Crippen LogP contribution in [0.3, 0.4) is 0 Å². The lowest BCUT2D eigenvalue weighted by Gasteiger charge is -2.30. The van der Waals surface area contributed by atoms with Crippen molar-refractivity contribution in [3.8, 4) is 17.6 Å². The van der Waals surface area contributed by atoms with Crippen molar-refractivity contribution >= 4 is 11.9 Å². The molecular formula is C23H19F4N3O6. The largest absolute Gasteiger partial charge is 0.497 e. The minimum absolute atomic E-state index is 0.119. The summed E-state index contributed by atoms with van der Waals surface area (Å²) >= 11 is 0. The molecular weight excluding hydrogens is 490 g/mol. The molecule has 13 heteroatoms. The van der Waals surface area contributed by atoms with Crippen molar-refractivity contribution in [1.82, 2.24) is 15.5 Å². The number of hydrogen-bond acceptors (Lipinski definition) is 6. The van der Waals surface area contributed by atoms with Crippen molar-refractivity contribution in [3.05, 3.63) is 64.5 Å². The molecule has 0 spiro atoms. The number of amides is 3. The fourth-order valence-electron chi connectivity index (χ4n) is 3.92. The van der Waals surface area contributed by atoms with E-state index in [-0.39, 0.29) is 18.7 Å². The molecule has 36 heavy (non-hydrogen) atoms. The molecule has 1 fully saturated rings. The summed E-state index contributed by atoms with van der Waals surface area (Å²) in [5, 5.41) is 34.1. The van der Waals surface area contributed by atoms with Crippen molar-refractivity contribution < 1.29 is 47.2 Å². The standard InChI is InChI=1S/C23H19F4N3O6/c1-36-14-4-3-13-10-30(18(31)15(13)9-14)11-21(19(32)28-20(33)29-21)7-6-12-2-5-17(24)16(8-12)22(34,35)23(25,26)27/h2-5,8-9,19,32,34-35H,10-11H2,1H3,(H2,28,29,33)/t19?,21-/m1/s1. The van der Waals surface area contributed by atoms with E-state index in [1.807, 2.05) is 0 Å². The summed E-state index contributed by atoms with van der Waals surface area (Å²) in [6.07, 6.45) is -7.23. The van der Waals surface area contributed by atoms with Crippen LogP contribution in [0.2, 0.25) is 0 Å². The molecule has 1 saturated heterocycles. The van der Waals surface area contributed by atoms with Gasteiger partial charge in [-0.2, -0.15) is 13.2 Å². The molecule has 0 saturated carbocycles. The molecule has 2 atom stereocenters. The van der Waals surface area contributed by atoms with E-state index in [0.29, 0.717) is 29.0 Å². The molecule has 0 aliphatic carbocycles. The maximum absolute atomic E-state index is 14.0. The van der Waals surface area contributed by atoms with Crippen LogP contribution in [-0.4, -0.2) is 63.8 Å². The number of methoxy groups -OCH3 is 1. The van der Waals surface area contributed by atoms with Gasteiger partial charge in [-0.05, 0) is 35.9 Å². The van der Waals surface area contributed by atoms with Crippen LogP contribution in [0.1, 0.15) is 27.0 Å². The molecule has 2 aliphatic rings. The fraction of sp³-hybridized carbons (Fsp3) is 0.304. The van der Waals surface area contributed by atoms with Crippen LogP contribution >= 0.6 is 0 Å². The van der Waals surface area contributed by atoms with Crippen LogP contribution in [0.4, 0.5) is 22.4 Å². The Hall–Kier alpha value is -3.86. The zero-order valence-corrected chi connectivity index (χ0v) is 18.5. The van der Waals surface area contributed by atoms with Crippen LogP contribution < -0.4 is 15.4 Å². The predicted molar refractivity (Wildman–Crippen MR) is 114 cm³/mol. The van der Waals surface area contributed by atoms with Gasteiger partial charge in [0, 0.05) is 17.7 Å². The quantitative estimate of drug-likeness (QED) is 0.237. The van der Waals surface area contributed by atoms with Gasteiger partial charge in [0.2, 0.25) is 0 Å². The normalized spacial score (nSPS) is 21.4. The van der Waals surface area contributed by atoms with Gasteiger partial charge in [0.25, 0.3) is 11.7 Å². The molecule has 4 rings (SSSR count). The van der Waals surface area contributed by atoms with Crippen LogP contribution in [0, 0.1) is 17.7 Å². The number of fused-ring (bicyclic) bond motifs is 1. The Kier molecular flexibility index (Phi) is 6.07. The SMILES string of the molecule is COc1ccc2c(c1)C(=O)N(C[C@@]1(C#Cc3ccc(F)c(C(O)(O)C(F)(F)F)c3)NC(=O)NC1O)C2. The third kappa shape index (κ3) is 4.30. The summed E-state index contributed by atoms with van der Waals surface area (Å²) < 4.78 is 58.1. The monoisotopic (exact) mass is 509 g/mol. The second-order valence-electron chi connectivity index (χ2n) is 8.27. The highest BCUT2D eigenvalue weighted by Crippen LogP contribution is 2.38. The number of rotatable bonds is 4. The topological polar surface area (TPSA) is 131 Å². The van der Waals surface area contributed by atoms with E-state index in [4.69, 9.17) is 4.74 Å². The van der Waals surface area contributed by atoms with Gasteiger partial charge >= 0.3 is 12.2 Å². The van der Waals surface area contributed by atoms with Gasteiger partial charge in [-0.1, -0.05) is 17.9 Å². The van der Waals surface area contributed by atoms with Crippen LogP contribution in [0.15, 0.2) is 36.4 Å². The number of carbonyl (C=O) groups excluding carboxylic acids is 2. The van der Waals surface area contributed by atoms with E-state index < -0.39 is 47.0 Å². The summed E-state index contributed by atoms with van der Waals surface area (Å²) in [6, 6.07) is 6.10. The number of nitrogens with zero attached hydrogens (tertiary/aromatic N) is 1. The second-order valence-corrected chi connectivity index (χ2v) is 8.27. The number of aliphatic hydroxyl groups is 3. The number of halogens is 4. The predicted octanol–water partition coefficient (Wildman–Crippen LogP) is 0.911. The molecule has 0 bridgehead atoms. The first-order valence-corrected chi connectivity index (χ1v) is 10.3. The van der Waals surface area contributed by atoms with E-state index in [1.54, 1.807) is 12.1 Å². The van der Waals surface area contributed by atoms with Crippen LogP contribution in [-0.2, 0) is 12.3 Å². The minimum atomic E-state index is -5.60. The van der Waals surface area contributed by atoms with Gasteiger partial charge in [0.1, 0.15) is 11.6 Å². The van der Waals surface area contributed by atoms with E-state index in [1.165, 1.54) is 18.1 Å². The number of alkyl halides is 3. The van der Waals surface area contributed by atoms with Crippen LogP contribution in [0.25, 0.3) is 0 Å². The summed E-state index contributed by atoms with van der Waals surface area (Å²) in [5.74, 6) is -1.04. The lowest BCUT2D eigenvalue weighted by Crippen LogP contribution is -2.56. The minimum Gasteiger partial charge on any atom is -0.497 e. The Bertz CT molecular complexity index is 1300. The lowest BCUT2D eigenvalue weighted by molar-refractivity contribution is -0.359. The Balaban J connectivity index is 1.68. The highest BCUT2D eigenvalue weighted by molar-refractivity contribution is 5.99. The summed E-state index contributed by atoms with van der Waals surface area (Å²) in [6.45, 7) is -0.204. The van der Waals surface area contributed by atoms with Crippen molar-refractivity contribution in [2.45, 2.75) is 30.3 Å². The lowest BCUT2D eigenvalue weighted by atomic mass is 9.97. The third-order valence-corrected chi connectivity index (χ3v) is 5.87. The van der Waals surface area contributed by atoms with Gasteiger partial charge in [0.05, 0.1) is 19.2 Å². The van der Waals surface area contributed by atoms with E-state index in [0.717, 1.165) is 6.07 Å². The number of aliphatic hydroxyl groups excluding tert-OH is 1. The first-order chi connectivity index (χ1) is 16.8. The number of urea groups is 1. The summed E-state index contributed by atoms with van der Waals surface area (Å²) in [5.41, 5.74) is -2.55. The Morgan fingerprint density at radius 2 is 1.92 bits per heavy atom. The molecule has 9 nitrogen and oxygen atoms in total. The molecule has 1 unspecified atom stereocenters. The zero-order valence-electron chi connectivity index (χ0n) is 18.5. The van der Waals surface area contributed by atoms with E-state index >= 15 is 0 Å². The molecule has 2 heterocycles. The molecule has 5 N–H and O–H groups in total. The Morgan fingerprint density at radius 1 is 1.19 bits per heavy atom. The van der Waals surface area contributed by atoms with Gasteiger partial charge in [0.15, 0.2) is 11.8 Å². The smallest absolute Gasteiger partial charge is 0.447 e. The number of nitrogens with one attached hydrogen (secondary N) is 2. The van der Waals surface area contributed by atoms with Gasteiger partial charge in [-0.25, -0.2) is 9.18 Å². The fourth-order valence-corrected chi connectivity index (χ4v) is 3.92. The molecule has 190 valence electrons. The van der Waals surface area contributed by atoms with Crippen molar-refractivity contribution in [3.63, 3.8) is 0 Å². The van der Waals surface area contributed by atoms with Crippen molar-refractivity contribution in [2.24, 2.45) is 0 Å². The maximum Gasteiger partial charge on any atom is 0.447 e. The molecule has 3 amide bonds. The highest BCUT2D eigenvalue weighted by atomic mass is 19.4. The third-order valence-electron chi connectivity index (χ3n) is 5.87. The Morgan fingerprint density at radius 3 is 2.53 bits per heavy atom. The van der Waals surface area contributed by atoms with E-state index in [9.17, 15) is 42.5 Å². The summed E-state index contributed by atoms with van der Waals surface area (Å²) in [7, 11) is 1.44. The molecule has 0 radical (unpaired) electrons. The highest BCUT2D eigenvalue weighted by Gasteiger charge is 2.55. The van der Waals surface area contributed by atoms with Crippen molar-refractivity contribution in [2.75, 3.05) is 13.7 Å². The second kappa shape index (κ2) is 8.66. The average molecular weight is 509 g/mol. The van der Waals surface area contributed by atoms with Crippen LogP contribution in [0.5, 0.6) is 5.75 Å². The van der Waals surface area contributed by atoms with Gasteiger partial charge in [-0.3, -0.25) is 4.79 Å². The zero-order chi connectivity index (χ0) is 26.5. The number of benzene rings is 2. The maximum atomic E-state index is 14.0. The van der Waals surface area contributed by atoms with Crippen molar-refractivity contribution in [1.29, 1.82) is 0 Å². The number of hydrogen-bond donors (Lipinski definition) is 5. The number of ether oxygens (including phenoxy) is 1. The first kappa shape index (κ1) is 25.2. The van der Waals surface area contributed by atoms with Gasteiger partial charge in [-0.15, -0.1) is 0 Å². The van der Waals surface area contributed by atoms with E-state index in [2.05, 4.69) is 22.5 Å². The summed E-state index contributed by atoms with van der Waals surface area (Å²) in [4.78, 5) is 26.2. The Labute approximate surface area is 201 Å². The average Bonchev–Trinajstić information content (AvgIpc) is 3.26. The number of carbonyl (C=O) groups is 2. The molecule has 2 aliphatic heterocycles. The first-order valence-electron chi connectivity index (χ1n) is 10.3. The molecule has 2 aromatic carbocycles. The molecule has 0 aromatic heterocycles.